The average molecular weight is 420 g/mol. The molecule has 0 saturated carbocycles. The van der Waals surface area contributed by atoms with E-state index in [1.54, 1.807) is 6.07 Å². The number of aliphatic hydroxyl groups excluding tert-OH is 1. The largest absolute Gasteiger partial charge is 0.573 e. The molecule has 0 aromatic heterocycles. The second kappa shape index (κ2) is 8.96. The second-order valence-electron chi connectivity index (χ2n) is 8.22. The van der Waals surface area contributed by atoms with Gasteiger partial charge in [-0.25, -0.2) is 0 Å². The van der Waals surface area contributed by atoms with E-state index < -0.39 is 12.5 Å². The van der Waals surface area contributed by atoms with Gasteiger partial charge in [0.15, 0.2) is 0 Å². The minimum Gasteiger partial charge on any atom is -0.406 e. The third-order valence-electron chi connectivity index (χ3n) is 5.87. The van der Waals surface area contributed by atoms with Gasteiger partial charge in [-0.3, -0.25) is 9.80 Å². The molecule has 30 heavy (non-hydrogen) atoms. The van der Waals surface area contributed by atoms with Crippen molar-refractivity contribution < 1.29 is 23.0 Å². The Labute approximate surface area is 174 Å². The number of ether oxygens (including phenoxy) is 1. The summed E-state index contributed by atoms with van der Waals surface area (Å²) < 4.78 is 41.5. The van der Waals surface area contributed by atoms with Gasteiger partial charge < -0.3 is 9.84 Å². The molecule has 2 aromatic rings. The molecule has 1 unspecified atom stereocenters. The van der Waals surface area contributed by atoms with Crippen molar-refractivity contribution in [3.63, 3.8) is 0 Å². The number of nitrogens with zero attached hydrogens (tertiary/aromatic N) is 2. The second-order valence-corrected chi connectivity index (χ2v) is 8.22. The maximum absolute atomic E-state index is 12.5. The van der Waals surface area contributed by atoms with Gasteiger partial charge in [-0.2, -0.15) is 0 Å². The predicted molar refractivity (Wildman–Crippen MR) is 108 cm³/mol. The van der Waals surface area contributed by atoms with Crippen LogP contribution < -0.4 is 4.74 Å². The summed E-state index contributed by atoms with van der Waals surface area (Å²) in [6, 6.07) is 13.0. The maximum atomic E-state index is 12.5. The van der Waals surface area contributed by atoms with E-state index in [2.05, 4.69) is 38.8 Å². The quantitative estimate of drug-likeness (QED) is 0.799. The topological polar surface area (TPSA) is 35.9 Å². The summed E-state index contributed by atoms with van der Waals surface area (Å²) in [5.41, 5.74) is 4.61. The maximum Gasteiger partial charge on any atom is 0.573 e. The van der Waals surface area contributed by atoms with E-state index in [1.807, 2.05) is 0 Å². The molecule has 0 spiro atoms. The van der Waals surface area contributed by atoms with Crippen LogP contribution in [0.15, 0.2) is 42.5 Å². The molecule has 0 saturated heterocycles. The van der Waals surface area contributed by atoms with Crippen LogP contribution in [-0.2, 0) is 25.9 Å². The first-order chi connectivity index (χ1) is 14.4. The van der Waals surface area contributed by atoms with Crippen molar-refractivity contribution in [2.24, 2.45) is 0 Å². The van der Waals surface area contributed by atoms with Crippen LogP contribution in [0.5, 0.6) is 5.75 Å². The fourth-order valence-electron chi connectivity index (χ4n) is 4.52. The summed E-state index contributed by atoms with van der Waals surface area (Å²) in [7, 11) is 0. The summed E-state index contributed by atoms with van der Waals surface area (Å²) in [5, 5.41) is 10.7. The molecule has 0 amide bonds. The van der Waals surface area contributed by atoms with Crippen LogP contribution in [0.2, 0.25) is 0 Å². The zero-order valence-corrected chi connectivity index (χ0v) is 16.9. The lowest BCUT2D eigenvalue weighted by Gasteiger charge is -2.32. The van der Waals surface area contributed by atoms with Crippen molar-refractivity contribution in [2.75, 3.05) is 26.2 Å². The first kappa shape index (κ1) is 21.2. The van der Waals surface area contributed by atoms with Gasteiger partial charge in [-0.1, -0.05) is 30.3 Å². The van der Waals surface area contributed by atoms with E-state index in [9.17, 15) is 18.3 Å². The number of halogens is 3. The molecule has 4 rings (SSSR count). The van der Waals surface area contributed by atoms with Crippen LogP contribution in [0.3, 0.4) is 0 Å². The van der Waals surface area contributed by atoms with Crippen LogP contribution in [0.1, 0.15) is 28.7 Å². The normalized spacial score (nSPS) is 18.9. The van der Waals surface area contributed by atoms with E-state index in [0.717, 1.165) is 43.6 Å². The Morgan fingerprint density at radius 3 is 2.27 bits per heavy atom. The molecule has 2 heterocycles. The van der Waals surface area contributed by atoms with Crippen LogP contribution in [0.4, 0.5) is 13.2 Å². The number of fused-ring (bicyclic) bond motifs is 2. The molecule has 7 heteroatoms. The third-order valence-corrected chi connectivity index (χ3v) is 5.87. The molecule has 4 nitrogen and oxygen atoms in total. The van der Waals surface area contributed by atoms with Crippen LogP contribution in [0.25, 0.3) is 0 Å². The smallest absolute Gasteiger partial charge is 0.406 e. The van der Waals surface area contributed by atoms with Gasteiger partial charge in [0.25, 0.3) is 0 Å². The van der Waals surface area contributed by atoms with Crippen molar-refractivity contribution >= 4 is 0 Å². The van der Waals surface area contributed by atoms with Crippen LogP contribution >= 0.6 is 0 Å². The lowest BCUT2D eigenvalue weighted by molar-refractivity contribution is -0.274. The van der Waals surface area contributed by atoms with Gasteiger partial charge in [0.1, 0.15) is 5.75 Å². The summed E-state index contributed by atoms with van der Waals surface area (Å²) in [6.45, 7) is 4.41. The molecular weight excluding hydrogens is 393 g/mol. The third kappa shape index (κ3) is 5.53. The lowest BCUT2D eigenvalue weighted by Crippen LogP contribution is -2.42. The highest BCUT2D eigenvalue weighted by atomic mass is 19.4. The van der Waals surface area contributed by atoms with Gasteiger partial charge in [0, 0.05) is 32.7 Å². The van der Waals surface area contributed by atoms with Crippen LogP contribution in [-0.4, -0.2) is 53.6 Å². The first-order valence-electron chi connectivity index (χ1n) is 10.4. The number of aryl methyl sites for hydroxylation is 1. The van der Waals surface area contributed by atoms with Crippen LogP contribution in [0, 0.1) is 0 Å². The summed E-state index contributed by atoms with van der Waals surface area (Å²) in [4.78, 5) is 4.48. The highest BCUT2D eigenvalue weighted by molar-refractivity contribution is 5.36. The van der Waals surface area contributed by atoms with Gasteiger partial charge in [-0.05, 0) is 60.2 Å². The zero-order valence-electron chi connectivity index (χ0n) is 16.9. The molecule has 2 aliphatic rings. The molecule has 0 bridgehead atoms. The molecule has 2 aliphatic heterocycles. The van der Waals surface area contributed by atoms with E-state index >= 15 is 0 Å². The van der Waals surface area contributed by atoms with Crippen molar-refractivity contribution in [2.45, 2.75) is 44.8 Å². The number of β-amino-alcohol motifs (C(OH)–C–C–N with tert-alkyl or cyclic N) is 1. The number of alkyl halides is 3. The highest BCUT2D eigenvalue weighted by Gasteiger charge is 2.31. The van der Waals surface area contributed by atoms with E-state index in [-0.39, 0.29) is 5.75 Å². The lowest BCUT2D eigenvalue weighted by atomic mass is 10.00. The summed E-state index contributed by atoms with van der Waals surface area (Å²) in [6.07, 6.45) is -2.59. The minimum absolute atomic E-state index is 0.167. The highest BCUT2D eigenvalue weighted by Crippen LogP contribution is 2.28. The molecular formula is C23H27F3N2O2. The number of aliphatic hydroxyl groups is 1. The van der Waals surface area contributed by atoms with Crippen molar-refractivity contribution in [1.29, 1.82) is 0 Å². The molecule has 1 N–H and O–H groups in total. The number of hydrogen-bond donors (Lipinski definition) is 1. The van der Waals surface area contributed by atoms with Crippen molar-refractivity contribution in [3.8, 4) is 5.75 Å². The van der Waals surface area contributed by atoms with Crippen molar-refractivity contribution in [1.82, 2.24) is 9.80 Å². The number of hydrogen-bond acceptors (Lipinski definition) is 4. The molecule has 162 valence electrons. The molecule has 0 aliphatic carbocycles. The molecule has 1 atom stereocenters. The van der Waals surface area contributed by atoms with Gasteiger partial charge >= 0.3 is 6.36 Å². The Morgan fingerprint density at radius 1 is 0.867 bits per heavy atom. The summed E-state index contributed by atoms with van der Waals surface area (Å²) in [5.74, 6) is -0.167. The van der Waals surface area contributed by atoms with Crippen molar-refractivity contribution in [3.05, 3.63) is 64.7 Å². The Bertz CT molecular complexity index is 872. The minimum atomic E-state index is -4.68. The molecule has 0 fully saturated rings. The van der Waals surface area contributed by atoms with E-state index in [1.165, 1.54) is 23.3 Å². The van der Waals surface area contributed by atoms with Gasteiger partial charge in [0.2, 0.25) is 0 Å². The monoisotopic (exact) mass is 420 g/mol. The standard InChI is InChI=1S/C23H27F3N2O2/c24-23(25,26)30-22-8-7-20-14-27(10-3-6-18(20)12-22)15-21(29)16-28-11-9-17-4-1-2-5-19(17)13-28/h1-2,4-5,7-8,12,21,29H,3,6,9-11,13-16H2. The molecule has 2 aromatic carbocycles. The van der Waals surface area contributed by atoms with E-state index in [4.69, 9.17) is 0 Å². The SMILES string of the molecule is OC(CN1CCCc2cc(OC(F)(F)F)ccc2C1)CN1CCc2ccccc2C1. The van der Waals surface area contributed by atoms with E-state index in [0.29, 0.717) is 26.1 Å². The first-order valence-corrected chi connectivity index (χ1v) is 10.4. The Hall–Kier alpha value is -2.09. The Balaban J connectivity index is 1.33. The Kier molecular flexibility index (Phi) is 6.32. The number of benzene rings is 2. The summed E-state index contributed by atoms with van der Waals surface area (Å²) >= 11 is 0. The fraction of sp³-hybridized carbons (Fsp3) is 0.478. The predicted octanol–water partition coefficient (Wildman–Crippen LogP) is 3.75. The fourth-order valence-corrected chi connectivity index (χ4v) is 4.52. The molecule has 0 radical (unpaired) electrons. The zero-order chi connectivity index (χ0) is 21.1. The van der Waals surface area contributed by atoms with Gasteiger partial charge in [-0.15, -0.1) is 13.2 Å². The van der Waals surface area contributed by atoms with Gasteiger partial charge in [0.05, 0.1) is 6.10 Å². The average Bonchev–Trinajstić information content (AvgIpc) is 2.88. The Morgan fingerprint density at radius 2 is 1.53 bits per heavy atom. The number of rotatable bonds is 5.